The van der Waals surface area contributed by atoms with E-state index in [2.05, 4.69) is 5.32 Å². The van der Waals surface area contributed by atoms with Gasteiger partial charge < -0.3 is 10.5 Å². The standard InChI is InChI=1S/C10H17N3O3/c1-6(11)8-5-13(2-3-16-8)7-4-9(14)12-10(7)15/h6-8H,2-5,11H2,1H3,(H,12,14,15). The first kappa shape index (κ1) is 11.5. The smallest absolute Gasteiger partial charge is 0.244 e. The third-order valence-electron chi connectivity index (χ3n) is 3.10. The highest BCUT2D eigenvalue weighted by molar-refractivity contribution is 6.05. The van der Waals surface area contributed by atoms with Crippen molar-refractivity contribution in [3.63, 3.8) is 0 Å². The topological polar surface area (TPSA) is 84.7 Å². The van der Waals surface area contributed by atoms with E-state index in [-0.39, 0.29) is 36.4 Å². The number of rotatable bonds is 2. The summed E-state index contributed by atoms with van der Waals surface area (Å²) in [7, 11) is 0. The number of carbonyl (C=O) groups is 2. The van der Waals surface area contributed by atoms with Crippen molar-refractivity contribution in [3.8, 4) is 0 Å². The minimum atomic E-state index is -0.336. The summed E-state index contributed by atoms with van der Waals surface area (Å²) in [6, 6.07) is -0.402. The molecule has 6 heteroatoms. The number of hydrogen-bond donors (Lipinski definition) is 2. The summed E-state index contributed by atoms with van der Waals surface area (Å²) in [5.74, 6) is -0.394. The Balaban J connectivity index is 1.99. The first-order valence-corrected chi connectivity index (χ1v) is 5.53. The highest BCUT2D eigenvalue weighted by Gasteiger charge is 2.38. The van der Waals surface area contributed by atoms with Crippen LogP contribution in [0.4, 0.5) is 0 Å². The van der Waals surface area contributed by atoms with Crippen molar-refractivity contribution in [2.75, 3.05) is 19.7 Å². The van der Waals surface area contributed by atoms with Gasteiger partial charge in [-0.25, -0.2) is 0 Å². The van der Waals surface area contributed by atoms with Gasteiger partial charge in [-0.05, 0) is 6.92 Å². The zero-order valence-electron chi connectivity index (χ0n) is 9.31. The molecular weight excluding hydrogens is 210 g/mol. The van der Waals surface area contributed by atoms with E-state index in [1.54, 1.807) is 0 Å². The fourth-order valence-electron chi connectivity index (χ4n) is 2.13. The summed E-state index contributed by atoms with van der Waals surface area (Å²) in [5.41, 5.74) is 5.77. The molecule has 0 radical (unpaired) electrons. The normalized spacial score (nSPS) is 33.9. The lowest BCUT2D eigenvalue weighted by molar-refractivity contribution is -0.128. The molecule has 2 heterocycles. The number of nitrogens with two attached hydrogens (primary N) is 1. The minimum Gasteiger partial charge on any atom is -0.374 e. The third-order valence-corrected chi connectivity index (χ3v) is 3.10. The van der Waals surface area contributed by atoms with Crippen molar-refractivity contribution in [1.82, 2.24) is 10.2 Å². The van der Waals surface area contributed by atoms with Gasteiger partial charge in [-0.2, -0.15) is 0 Å². The molecule has 16 heavy (non-hydrogen) atoms. The lowest BCUT2D eigenvalue weighted by atomic mass is 10.1. The molecule has 3 atom stereocenters. The Bertz CT molecular complexity index is 306. The largest absolute Gasteiger partial charge is 0.374 e. The summed E-state index contributed by atoms with van der Waals surface area (Å²) >= 11 is 0. The van der Waals surface area contributed by atoms with Crippen LogP contribution in [0.2, 0.25) is 0 Å². The summed E-state index contributed by atoms with van der Waals surface area (Å²) in [4.78, 5) is 24.6. The molecule has 2 saturated heterocycles. The second-order valence-corrected chi connectivity index (χ2v) is 4.40. The van der Waals surface area contributed by atoms with Crippen LogP contribution in [0.1, 0.15) is 13.3 Å². The average Bonchev–Trinajstić information content (AvgIpc) is 2.58. The minimum absolute atomic E-state index is 0.0581. The lowest BCUT2D eigenvalue weighted by Crippen LogP contribution is -2.54. The second kappa shape index (κ2) is 4.48. The van der Waals surface area contributed by atoms with Gasteiger partial charge in [-0.15, -0.1) is 0 Å². The van der Waals surface area contributed by atoms with Gasteiger partial charge >= 0.3 is 0 Å². The van der Waals surface area contributed by atoms with Gasteiger partial charge in [0, 0.05) is 19.1 Å². The van der Waals surface area contributed by atoms with Crippen LogP contribution in [0.25, 0.3) is 0 Å². The maximum Gasteiger partial charge on any atom is 0.244 e. The van der Waals surface area contributed by atoms with Gasteiger partial charge in [-0.3, -0.25) is 19.8 Å². The van der Waals surface area contributed by atoms with Gasteiger partial charge in [0.25, 0.3) is 0 Å². The first-order chi connectivity index (χ1) is 7.58. The molecule has 0 saturated carbocycles. The predicted octanol–water partition coefficient (Wildman–Crippen LogP) is -1.55. The molecule has 2 aliphatic heterocycles. The number of hydrogen-bond acceptors (Lipinski definition) is 5. The quantitative estimate of drug-likeness (QED) is 0.558. The molecular formula is C10H17N3O3. The van der Waals surface area contributed by atoms with Crippen LogP contribution >= 0.6 is 0 Å². The van der Waals surface area contributed by atoms with Crippen molar-refractivity contribution in [2.24, 2.45) is 5.73 Å². The zero-order chi connectivity index (χ0) is 11.7. The van der Waals surface area contributed by atoms with Crippen LogP contribution in [0.3, 0.4) is 0 Å². The third kappa shape index (κ3) is 2.23. The molecule has 3 N–H and O–H groups in total. The number of morpholine rings is 1. The molecule has 0 aromatic heterocycles. The Morgan fingerprint density at radius 3 is 2.88 bits per heavy atom. The van der Waals surface area contributed by atoms with Crippen molar-refractivity contribution in [2.45, 2.75) is 31.5 Å². The van der Waals surface area contributed by atoms with Crippen LogP contribution < -0.4 is 11.1 Å². The van der Waals surface area contributed by atoms with Crippen LogP contribution in [0.5, 0.6) is 0 Å². The van der Waals surface area contributed by atoms with Crippen molar-refractivity contribution in [3.05, 3.63) is 0 Å². The molecule has 2 amide bonds. The Labute approximate surface area is 94.1 Å². The van der Waals surface area contributed by atoms with E-state index < -0.39 is 0 Å². The van der Waals surface area contributed by atoms with Gasteiger partial charge in [0.1, 0.15) is 0 Å². The molecule has 2 fully saturated rings. The van der Waals surface area contributed by atoms with Crippen molar-refractivity contribution in [1.29, 1.82) is 0 Å². The number of carbonyl (C=O) groups excluding carboxylic acids is 2. The van der Waals surface area contributed by atoms with Gasteiger partial charge in [-0.1, -0.05) is 0 Å². The molecule has 0 spiro atoms. The summed E-state index contributed by atoms with van der Waals surface area (Å²) < 4.78 is 5.51. The number of imide groups is 1. The van der Waals surface area contributed by atoms with Crippen molar-refractivity contribution >= 4 is 11.8 Å². The second-order valence-electron chi connectivity index (χ2n) is 4.40. The monoisotopic (exact) mass is 227 g/mol. The highest BCUT2D eigenvalue weighted by Crippen LogP contribution is 2.16. The summed E-state index contributed by atoms with van der Waals surface area (Å²) in [5, 5.41) is 2.32. The van der Waals surface area contributed by atoms with Crippen LogP contribution in [0.15, 0.2) is 0 Å². The van der Waals surface area contributed by atoms with Crippen LogP contribution in [-0.4, -0.2) is 54.6 Å². The Hall–Kier alpha value is -0.980. The van der Waals surface area contributed by atoms with E-state index in [1.165, 1.54) is 0 Å². The van der Waals surface area contributed by atoms with E-state index >= 15 is 0 Å². The maximum absolute atomic E-state index is 11.5. The van der Waals surface area contributed by atoms with Gasteiger partial charge in [0.05, 0.1) is 25.2 Å². The molecule has 0 bridgehead atoms. The molecule has 0 aromatic rings. The highest BCUT2D eigenvalue weighted by atomic mass is 16.5. The molecule has 0 aromatic carbocycles. The number of amides is 2. The molecule has 3 unspecified atom stereocenters. The van der Waals surface area contributed by atoms with Crippen molar-refractivity contribution < 1.29 is 14.3 Å². The molecule has 2 rings (SSSR count). The van der Waals surface area contributed by atoms with Crippen LogP contribution in [0, 0.1) is 0 Å². The van der Waals surface area contributed by atoms with E-state index in [0.29, 0.717) is 19.7 Å². The van der Waals surface area contributed by atoms with Gasteiger partial charge in [0.2, 0.25) is 11.8 Å². The fraction of sp³-hybridized carbons (Fsp3) is 0.800. The summed E-state index contributed by atoms with van der Waals surface area (Å²) in [6.07, 6.45) is 0.196. The lowest BCUT2D eigenvalue weighted by Gasteiger charge is -2.36. The number of ether oxygens (including phenoxy) is 1. The van der Waals surface area contributed by atoms with E-state index in [4.69, 9.17) is 10.5 Å². The Kier molecular flexibility index (Phi) is 3.22. The van der Waals surface area contributed by atoms with E-state index in [9.17, 15) is 9.59 Å². The van der Waals surface area contributed by atoms with E-state index in [1.807, 2.05) is 11.8 Å². The van der Waals surface area contributed by atoms with Gasteiger partial charge in [0.15, 0.2) is 0 Å². The molecule has 90 valence electrons. The predicted molar refractivity (Wildman–Crippen MR) is 56.5 cm³/mol. The Morgan fingerprint density at radius 1 is 1.56 bits per heavy atom. The molecule has 6 nitrogen and oxygen atoms in total. The van der Waals surface area contributed by atoms with E-state index in [0.717, 1.165) is 0 Å². The first-order valence-electron chi connectivity index (χ1n) is 5.53. The number of nitrogens with one attached hydrogen (secondary N) is 1. The maximum atomic E-state index is 11.5. The Morgan fingerprint density at radius 2 is 2.31 bits per heavy atom. The summed E-state index contributed by atoms with van der Waals surface area (Å²) in [6.45, 7) is 3.73. The fourth-order valence-corrected chi connectivity index (χ4v) is 2.13. The SMILES string of the molecule is CC(N)C1CN(C2CC(=O)NC2=O)CCO1. The number of nitrogens with zero attached hydrogens (tertiary/aromatic N) is 1. The molecule has 2 aliphatic rings. The van der Waals surface area contributed by atoms with Crippen LogP contribution in [-0.2, 0) is 14.3 Å². The average molecular weight is 227 g/mol. The zero-order valence-corrected chi connectivity index (χ0v) is 9.31. The molecule has 0 aliphatic carbocycles.